The van der Waals surface area contributed by atoms with Crippen LogP contribution in [0.3, 0.4) is 0 Å². The molecule has 1 N–H and O–H groups in total. The number of fused-ring (bicyclic) bond motifs is 1. The maximum atomic E-state index is 13.5. The topological polar surface area (TPSA) is 41.9 Å². The van der Waals surface area contributed by atoms with Crippen molar-refractivity contribution in [3.63, 3.8) is 0 Å². The molecule has 110 valence electrons. The van der Waals surface area contributed by atoms with Gasteiger partial charge < -0.3 is 14.6 Å². The molecular formula is C14H17BrFNO3. The summed E-state index contributed by atoms with van der Waals surface area (Å²) in [5, 5.41) is 9.33. The van der Waals surface area contributed by atoms with Crippen LogP contribution >= 0.6 is 15.9 Å². The molecule has 6 heteroatoms. The average molecular weight is 346 g/mol. The number of aliphatic hydroxyl groups is 1. The first kappa shape index (κ1) is 14.1. The van der Waals surface area contributed by atoms with Crippen molar-refractivity contribution in [3.8, 4) is 11.5 Å². The largest absolute Gasteiger partial charge is 0.486 e. The van der Waals surface area contributed by atoms with E-state index < -0.39 is 6.17 Å². The van der Waals surface area contributed by atoms with Crippen LogP contribution in [0.2, 0.25) is 0 Å². The fourth-order valence-corrected chi connectivity index (χ4v) is 3.20. The summed E-state index contributed by atoms with van der Waals surface area (Å²) < 4.78 is 25.5. The van der Waals surface area contributed by atoms with E-state index in [1.54, 1.807) is 0 Å². The van der Waals surface area contributed by atoms with Gasteiger partial charge in [0.05, 0.1) is 6.61 Å². The maximum absolute atomic E-state index is 13.5. The van der Waals surface area contributed by atoms with Crippen molar-refractivity contribution in [2.75, 3.05) is 26.4 Å². The molecular weight excluding hydrogens is 329 g/mol. The first-order chi connectivity index (χ1) is 9.67. The summed E-state index contributed by atoms with van der Waals surface area (Å²) in [5.41, 5.74) is 1.02. The zero-order valence-electron chi connectivity index (χ0n) is 11.0. The second-order valence-electron chi connectivity index (χ2n) is 5.19. The molecule has 20 heavy (non-hydrogen) atoms. The van der Waals surface area contributed by atoms with Crippen LogP contribution in [0, 0.1) is 0 Å². The van der Waals surface area contributed by atoms with Gasteiger partial charge in [-0.3, -0.25) is 4.90 Å². The molecule has 3 rings (SSSR count). The molecule has 0 aliphatic carbocycles. The molecule has 0 spiro atoms. The minimum atomic E-state index is -0.858. The lowest BCUT2D eigenvalue weighted by molar-refractivity contribution is 0.151. The van der Waals surface area contributed by atoms with Crippen LogP contribution in [0.5, 0.6) is 11.5 Å². The minimum Gasteiger partial charge on any atom is -0.486 e. The van der Waals surface area contributed by atoms with Crippen LogP contribution in [-0.2, 0) is 6.54 Å². The third kappa shape index (κ3) is 2.77. The zero-order chi connectivity index (χ0) is 14.1. The van der Waals surface area contributed by atoms with E-state index in [4.69, 9.17) is 9.47 Å². The van der Waals surface area contributed by atoms with Gasteiger partial charge in [-0.15, -0.1) is 0 Å². The van der Waals surface area contributed by atoms with Crippen molar-refractivity contribution in [1.82, 2.24) is 4.90 Å². The number of aliphatic hydroxyl groups excluding tert-OH is 1. The highest BCUT2D eigenvalue weighted by molar-refractivity contribution is 9.10. The van der Waals surface area contributed by atoms with Crippen molar-refractivity contribution in [1.29, 1.82) is 0 Å². The molecule has 2 aliphatic heterocycles. The second-order valence-corrected chi connectivity index (χ2v) is 6.04. The minimum absolute atomic E-state index is 0.0113. The number of halogens is 2. The van der Waals surface area contributed by atoms with Gasteiger partial charge >= 0.3 is 0 Å². The summed E-state index contributed by atoms with van der Waals surface area (Å²) in [6.07, 6.45) is -0.457. The lowest BCUT2D eigenvalue weighted by Gasteiger charge is -2.25. The Morgan fingerprint density at radius 1 is 1.30 bits per heavy atom. The Hall–Kier alpha value is -0.850. The van der Waals surface area contributed by atoms with Crippen molar-refractivity contribution < 1.29 is 19.0 Å². The van der Waals surface area contributed by atoms with E-state index in [9.17, 15) is 9.50 Å². The Balaban J connectivity index is 1.80. The number of likely N-dealkylation sites (tertiary alicyclic amines) is 1. The highest BCUT2D eigenvalue weighted by atomic mass is 79.9. The number of alkyl halides is 1. The number of ether oxygens (including phenoxy) is 2. The Bertz CT molecular complexity index is 500. The van der Waals surface area contributed by atoms with E-state index in [-0.39, 0.29) is 12.6 Å². The number of hydrogen-bond acceptors (Lipinski definition) is 4. The zero-order valence-corrected chi connectivity index (χ0v) is 12.6. The molecule has 0 saturated carbocycles. The summed E-state index contributed by atoms with van der Waals surface area (Å²) in [6, 6.07) is 3.71. The highest BCUT2D eigenvalue weighted by Gasteiger charge is 2.32. The van der Waals surface area contributed by atoms with Crippen molar-refractivity contribution >= 4 is 15.9 Å². The van der Waals surface area contributed by atoms with Gasteiger partial charge in [0.2, 0.25) is 0 Å². The predicted molar refractivity (Wildman–Crippen MR) is 75.9 cm³/mol. The highest BCUT2D eigenvalue weighted by Crippen LogP contribution is 2.36. The van der Waals surface area contributed by atoms with E-state index in [0.717, 1.165) is 21.5 Å². The molecule has 4 nitrogen and oxygen atoms in total. The van der Waals surface area contributed by atoms with Crippen LogP contribution in [-0.4, -0.2) is 48.6 Å². The van der Waals surface area contributed by atoms with Gasteiger partial charge in [0.15, 0.2) is 11.5 Å². The summed E-state index contributed by atoms with van der Waals surface area (Å²) in [7, 11) is 0. The van der Waals surface area contributed by atoms with Gasteiger partial charge in [0, 0.05) is 23.6 Å². The fourth-order valence-electron chi connectivity index (χ4n) is 2.75. The normalized spacial score (nSPS) is 25.9. The first-order valence-electron chi connectivity index (χ1n) is 6.74. The molecule has 2 aliphatic rings. The standard InChI is InChI=1S/C14H17BrFNO3/c15-12-5-14-13(19-1-2-20-14)3-9(12)6-17-7-10(16)4-11(17)8-18/h3,5,10-11,18H,1-2,4,6-8H2/t10-,11-/m0/s1. The Morgan fingerprint density at radius 3 is 2.70 bits per heavy atom. The summed E-state index contributed by atoms with van der Waals surface area (Å²) in [6.45, 7) is 2.04. The van der Waals surface area contributed by atoms with Gasteiger partial charge in [-0.2, -0.15) is 0 Å². The number of benzene rings is 1. The molecule has 0 amide bonds. The summed E-state index contributed by atoms with van der Waals surface area (Å²) in [5.74, 6) is 1.46. The number of nitrogens with zero attached hydrogens (tertiary/aromatic N) is 1. The molecule has 0 unspecified atom stereocenters. The van der Waals surface area contributed by atoms with E-state index in [1.165, 1.54) is 0 Å². The van der Waals surface area contributed by atoms with Gasteiger partial charge in [-0.05, 0) is 24.1 Å². The van der Waals surface area contributed by atoms with Crippen LogP contribution in [0.1, 0.15) is 12.0 Å². The third-order valence-corrected chi connectivity index (χ3v) is 4.51. The van der Waals surface area contributed by atoms with Gasteiger partial charge in [-0.25, -0.2) is 4.39 Å². The molecule has 0 bridgehead atoms. The lowest BCUT2D eigenvalue weighted by atomic mass is 10.1. The van der Waals surface area contributed by atoms with E-state index in [1.807, 2.05) is 17.0 Å². The van der Waals surface area contributed by atoms with Gasteiger partial charge in [0.1, 0.15) is 19.4 Å². The molecule has 2 heterocycles. The molecule has 2 atom stereocenters. The number of hydrogen-bond donors (Lipinski definition) is 1. The fraction of sp³-hybridized carbons (Fsp3) is 0.571. The number of rotatable bonds is 3. The molecule has 1 aromatic carbocycles. The molecule has 1 aromatic rings. The van der Waals surface area contributed by atoms with Crippen molar-refractivity contribution in [3.05, 3.63) is 22.2 Å². The van der Waals surface area contributed by atoms with Crippen LogP contribution in [0.4, 0.5) is 4.39 Å². The van der Waals surface area contributed by atoms with Gasteiger partial charge in [0.25, 0.3) is 0 Å². The van der Waals surface area contributed by atoms with Crippen molar-refractivity contribution in [2.45, 2.75) is 25.2 Å². The quantitative estimate of drug-likeness (QED) is 0.911. The average Bonchev–Trinajstić information content (AvgIpc) is 2.79. The second kappa shape index (κ2) is 5.87. The Morgan fingerprint density at radius 2 is 2.00 bits per heavy atom. The van der Waals surface area contributed by atoms with Crippen LogP contribution in [0.25, 0.3) is 0 Å². The summed E-state index contributed by atoms with van der Waals surface area (Å²) in [4.78, 5) is 1.97. The Labute approximate surface area is 125 Å². The molecule has 0 aromatic heterocycles. The predicted octanol–water partition coefficient (Wildman–Crippen LogP) is 2.12. The lowest BCUT2D eigenvalue weighted by Crippen LogP contribution is -2.32. The Kier molecular flexibility index (Phi) is 4.14. The first-order valence-corrected chi connectivity index (χ1v) is 7.53. The third-order valence-electron chi connectivity index (χ3n) is 3.77. The van der Waals surface area contributed by atoms with E-state index in [0.29, 0.717) is 32.7 Å². The van der Waals surface area contributed by atoms with E-state index >= 15 is 0 Å². The molecule has 1 fully saturated rings. The molecule has 1 saturated heterocycles. The SMILES string of the molecule is OC[C@@H]1C[C@H](F)CN1Cc1cc2c(cc1Br)OCCO2. The molecule has 0 radical (unpaired) electrons. The van der Waals surface area contributed by atoms with E-state index in [2.05, 4.69) is 15.9 Å². The maximum Gasteiger partial charge on any atom is 0.162 e. The van der Waals surface area contributed by atoms with Crippen LogP contribution in [0.15, 0.2) is 16.6 Å². The van der Waals surface area contributed by atoms with Crippen LogP contribution < -0.4 is 9.47 Å². The smallest absolute Gasteiger partial charge is 0.162 e. The monoisotopic (exact) mass is 345 g/mol. The van der Waals surface area contributed by atoms with Gasteiger partial charge in [-0.1, -0.05) is 15.9 Å². The van der Waals surface area contributed by atoms with Crippen molar-refractivity contribution in [2.24, 2.45) is 0 Å². The summed E-state index contributed by atoms with van der Waals surface area (Å²) >= 11 is 3.52.